The number of hydrogen-bond acceptors (Lipinski definition) is 1. The summed E-state index contributed by atoms with van der Waals surface area (Å²) in [7, 11) is 0. The maximum absolute atomic E-state index is 3.61. The molecular formula is C15H21N. The molecule has 0 unspecified atom stereocenters. The van der Waals surface area contributed by atoms with Gasteiger partial charge in [-0.1, -0.05) is 50.3 Å². The zero-order valence-electron chi connectivity index (χ0n) is 9.97. The highest BCUT2D eigenvalue weighted by Gasteiger charge is 2.37. The second-order valence-corrected chi connectivity index (χ2v) is 5.45. The quantitative estimate of drug-likeness (QED) is 0.687. The third kappa shape index (κ3) is 1.63. The van der Waals surface area contributed by atoms with E-state index in [0.717, 1.165) is 0 Å². The lowest BCUT2D eigenvalue weighted by molar-refractivity contribution is 0.340. The minimum Gasteiger partial charge on any atom is -0.384 e. The standard InChI is InChI=1S/C15H21N/c1-2-6-10-15(11-7-3-1)12-16-14-9-5-4-8-13(14)15/h4-5,8-9,16H,1-3,6-7,10-12H2. The van der Waals surface area contributed by atoms with Crippen molar-refractivity contribution in [2.24, 2.45) is 0 Å². The molecule has 2 aliphatic rings. The smallest absolute Gasteiger partial charge is 0.0379 e. The zero-order chi connectivity index (χ0) is 10.8. The summed E-state index contributed by atoms with van der Waals surface area (Å²) in [5.41, 5.74) is 3.46. The lowest BCUT2D eigenvalue weighted by Crippen LogP contribution is -2.29. The third-order valence-electron chi connectivity index (χ3n) is 4.43. The molecule has 0 aromatic heterocycles. The maximum Gasteiger partial charge on any atom is 0.0379 e. The van der Waals surface area contributed by atoms with E-state index >= 15 is 0 Å². The molecule has 1 heteroatoms. The summed E-state index contributed by atoms with van der Waals surface area (Å²) < 4.78 is 0. The predicted octanol–water partition coefficient (Wildman–Crippen LogP) is 4.09. The van der Waals surface area contributed by atoms with Crippen LogP contribution < -0.4 is 5.32 Å². The van der Waals surface area contributed by atoms with Crippen LogP contribution in [-0.4, -0.2) is 6.54 Å². The molecule has 0 saturated heterocycles. The third-order valence-corrected chi connectivity index (χ3v) is 4.43. The molecule has 1 aliphatic carbocycles. The molecule has 1 fully saturated rings. The first-order valence-electron chi connectivity index (χ1n) is 6.74. The van der Waals surface area contributed by atoms with E-state index in [4.69, 9.17) is 0 Å². The van der Waals surface area contributed by atoms with Crippen LogP contribution >= 0.6 is 0 Å². The van der Waals surface area contributed by atoms with E-state index in [0.29, 0.717) is 5.41 Å². The van der Waals surface area contributed by atoms with Crippen LogP contribution in [0.5, 0.6) is 0 Å². The molecule has 16 heavy (non-hydrogen) atoms. The molecule has 1 nitrogen and oxygen atoms in total. The average molecular weight is 215 g/mol. The summed E-state index contributed by atoms with van der Waals surface area (Å²) in [6.45, 7) is 1.17. The topological polar surface area (TPSA) is 12.0 Å². The summed E-state index contributed by atoms with van der Waals surface area (Å²) in [5, 5.41) is 3.61. The number of benzene rings is 1. The number of rotatable bonds is 0. The monoisotopic (exact) mass is 215 g/mol. The summed E-state index contributed by atoms with van der Waals surface area (Å²) in [6.07, 6.45) is 9.92. The molecule has 1 N–H and O–H groups in total. The van der Waals surface area contributed by atoms with Gasteiger partial charge in [-0.2, -0.15) is 0 Å². The van der Waals surface area contributed by atoms with Crippen LogP contribution in [0.25, 0.3) is 0 Å². The number of para-hydroxylation sites is 1. The molecule has 1 saturated carbocycles. The summed E-state index contributed by atoms with van der Waals surface area (Å²) in [5.74, 6) is 0. The Morgan fingerprint density at radius 1 is 0.875 bits per heavy atom. The highest BCUT2D eigenvalue weighted by atomic mass is 14.9. The Kier molecular flexibility index (Phi) is 2.62. The normalized spacial score (nSPS) is 23.2. The van der Waals surface area contributed by atoms with Gasteiger partial charge in [0.1, 0.15) is 0 Å². The second-order valence-electron chi connectivity index (χ2n) is 5.45. The molecule has 0 radical (unpaired) electrons. The Hall–Kier alpha value is -0.980. The van der Waals surface area contributed by atoms with Gasteiger partial charge in [-0.25, -0.2) is 0 Å². The van der Waals surface area contributed by atoms with E-state index in [-0.39, 0.29) is 0 Å². The van der Waals surface area contributed by atoms with Gasteiger partial charge in [-0.3, -0.25) is 0 Å². The van der Waals surface area contributed by atoms with E-state index in [2.05, 4.69) is 29.6 Å². The van der Waals surface area contributed by atoms with Crippen molar-refractivity contribution in [2.75, 3.05) is 11.9 Å². The Balaban J connectivity index is 1.92. The first-order chi connectivity index (χ1) is 7.91. The number of hydrogen-bond donors (Lipinski definition) is 1. The van der Waals surface area contributed by atoms with Gasteiger partial charge in [-0.15, -0.1) is 0 Å². The van der Waals surface area contributed by atoms with Crippen molar-refractivity contribution in [3.05, 3.63) is 29.8 Å². The fourth-order valence-corrected chi connectivity index (χ4v) is 3.49. The molecule has 1 aliphatic heterocycles. The summed E-state index contributed by atoms with van der Waals surface area (Å²) in [4.78, 5) is 0. The number of anilines is 1. The van der Waals surface area contributed by atoms with Crippen molar-refractivity contribution in [1.82, 2.24) is 0 Å². The lowest BCUT2D eigenvalue weighted by Gasteiger charge is -2.31. The Morgan fingerprint density at radius 2 is 1.56 bits per heavy atom. The van der Waals surface area contributed by atoms with E-state index in [9.17, 15) is 0 Å². The zero-order valence-corrected chi connectivity index (χ0v) is 9.97. The summed E-state index contributed by atoms with van der Waals surface area (Å²) >= 11 is 0. The van der Waals surface area contributed by atoms with Crippen molar-refractivity contribution < 1.29 is 0 Å². The van der Waals surface area contributed by atoms with Gasteiger partial charge in [0.05, 0.1) is 0 Å². The van der Waals surface area contributed by atoms with Crippen molar-refractivity contribution in [1.29, 1.82) is 0 Å². The average Bonchev–Trinajstić information content (AvgIpc) is 2.64. The van der Waals surface area contributed by atoms with Gasteiger partial charge in [-0.05, 0) is 24.5 Å². The van der Waals surface area contributed by atoms with E-state index in [1.807, 2.05) is 0 Å². The van der Waals surface area contributed by atoms with Gasteiger partial charge < -0.3 is 5.32 Å². The van der Waals surface area contributed by atoms with Crippen molar-refractivity contribution in [2.45, 2.75) is 50.4 Å². The molecule has 86 valence electrons. The van der Waals surface area contributed by atoms with Crippen LogP contribution in [-0.2, 0) is 5.41 Å². The highest BCUT2D eigenvalue weighted by molar-refractivity contribution is 5.60. The lowest BCUT2D eigenvalue weighted by atomic mass is 9.73. The van der Waals surface area contributed by atoms with Gasteiger partial charge in [0.2, 0.25) is 0 Å². The van der Waals surface area contributed by atoms with Crippen LogP contribution in [0.1, 0.15) is 50.5 Å². The Labute approximate surface area is 98.3 Å². The van der Waals surface area contributed by atoms with Gasteiger partial charge in [0.15, 0.2) is 0 Å². The summed E-state index contributed by atoms with van der Waals surface area (Å²) in [6, 6.07) is 8.93. The molecule has 0 bridgehead atoms. The fraction of sp³-hybridized carbons (Fsp3) is 0.600. The van der Waals surface area contributed by atoms with Crippen LogP contribution in [0, 0.1) is 0 Å². The van der Waals surface area contributed by atoms with Crippen LogP contribution in [0.4, 0.5) is 5.69 Å². The maximum atomic E-state index is 3.61. The van der Waals surface area contributed by atoms with Gasteiger partial charge in [0.25, 0.3) is 0 Å². The van der Waals surface area contributed by atoms with Crippen molar-refractivity contribution in [3.8, 4) is 0 Å². The second kappa shape index (κ2) is 4.12. The molecule has 0 amide bonds. The number of fused-ring (bicyclic) bond motifs is 2. The fourth-order valence-electron chi connectivity index (χ4n) is 3.49. The minimum absolute atomic E-state index is 0.469. The van der Waals surface area contributed by atoms with Gasteiger partial charge >= 0.3 is 0 Å². The van der Waals surface area contributed by atoms with Crippen molar-refractivity contribution >= 4 is 5.69 Å². The SMILES string of the molecule is c1ccc2c(c1)NCC21CCCCCCC1. The van der Waals surface area contributed by atoms with E-state index < -0.39 is 0 Å². The predicted molar refractivity (Wildman–Crippen MR) is 68.9 cm³/mol. The largest absolute Gasteiger partial charge is 0.384 e. The molecular weight excluding hydrogens is 194 g/mol. The molecule has 0 atom stereocenters. The van der Waals surface area contributed by atoms with Crippen LogP contribution in [0.3, 0.4) is 0 Å². The molecule has 1 heterocycles. The number of nitrogens with one attached hydrogen (secondary N) is 1. The van der Waals surface area contributed by atoms with Crippen LogP contribution in [0.15, 0.2) is 24.3 Å². The molecule has 1 aromatic rings. The van der Waals surface area contributed by atoms with Crippen molar-refractivity contribution in [3.63, 3.8) is 0 Å². The first kappa shape index (κ1) is 10.2. The Bertz CT molecular complexity index is 361. The highest BCUT2D eigenvalue weighted by Crippen LogP contribution is 2.44. The molecule has 1 aromatic carbocycles. The van der Waals surface area contributed by atoms with Crippen LogP contribution in [0.2, 0.25) is 0 Å². The first-order valence-corrected chi connectivity index (χ1v) is 6.74. The Morgan fingerprint density at radius 3 is 2.38 bits per heavy atom. The molecule has 3 rings (SSSR count). The van der Waals surface area contributed by atoms with Gasteiger partial charge in [0, 0.05) is 17.6 Å². The van der Waals surface area contributed by atoms with E-state index in [1.54, 1.807) is 5.56 Å². The minimum atomic E-state index is 0.469. The van der Waals surface area contributed by atoms with E-state index in [1.165, 1.54) is 57.2 Å². The molecule has 1 spiro atoms.